The zero-order chi connectivity index (χ0) is 7.72. The Hall–Kier alpha value is -0.340. The molecule has 0 aliphatic carbocycles. The third kappa shape index (κ3) is 1.39. The van der Waals surface area contributed by atoms with Crippen molar-refractivity contribution in [1.82, 2.24) is 4.90 Å². The van der Waals surface area contributed by atoms with E-state index in [0.717, 1.165) is 13.1 Å². The molecule has 1 heterocycles. The first kappa shape index (κ1) is 7.76. The maximum atomic E-state index is 9.43. The first-order chi connectivity index (χ1) is 4.61. The Kier molecular flexibility index (Phi) is 2.11. The van der Waals surface area contributed by atoms with Gasteiger partial charge in [-0.25, -0.2) is 0 Å². The zero-order valence-electron chi connectivity index (χ0n) is 6.89. The number of nitrogens with zero attached hydrogens (tertiary/aromatic N) is 1. The second kappa shape index (κ2) is 2.72. The summed E-state index contributed by atoms with van der Waals surface area (Å²) in [6.45, 7) is 5.83. The second-order valence-electron chi connectivity index (χ2n) is 3.24. The summed E-state index contributed by atoms with van der Waals surface area (Å²) < 4.78 is 0. The van der Waals surface area contributed by atoms with Gasteiger partial charge in [-0.1, -0.05) is 5.57 Å². The third-order valence-electron chi connectivity index (χ3n) is 1.97. The molecule has 0 spiro atoms. The fraction of sp³-hybridized carbons (Fsp3) is 0.750. The van der Waals surface area contributed by atoms with Crippen LogP contribution < -0.4 is 0 Å². The molecule has 0 amide bonds. The quantitative estimate of drug-likeness (QED) is 0.500. The summed E-state index contributed by atoms with van der Waals surface area (Å²) in [5.74, 6) is 0. The number of aliphatic hydroxyl groups is 1. The summed E-state index contributed by atoms with van der Waals surface area (Å²) in [5.41, 5.74) is 2.46. The maximum absolute atomic E-state index is 9.43. The van der Waals surface area contributed by atoms with E-state index in [1.807, 2.05) is 7.05 Å². The third-order valence-corrected chi connectivity index (χ3v) is 1.97. The highest BCUT2D eigenvalue weighted by molar-refractivity contribution is 5.20. The first-order valence-electron chi connectivity index (χ1n) is 3.64. The SMILES string of the molecule is CC(C)=C1CN(C)CC1O. The molecule has 58 valence electrons. The topological polar surface area (TPSA) is 23.5 Å². The van der Waals surface area contributed by atoms with Crippen molar-refractivity contribution in [2.24, 2.45) is 0 Å². The molecule has 10 heavy (non-hydrogen) atoms. The van der Waals surface area contributed by atoms with Gasteiger partial charge in [-0.3, -0.25) is 4.90 Å². The van der Waals surface area contributed by atoms with Gasteiger partial charge < -0.3 is 5.11 Å². The van der Waals surface area contributed by atoms with Gasteiger partial charge in [0.15, 0.2) is 0 Å². The smallest absolute Gasteiger partial charge is 0.0891 e. The summed E-state index contributed by atoms with van der Waals surface area (Å²) >= 11 is 0. The largest absolute Gasteiger partial charge is 0.387 e. The van der Waals surface area contributed by atoms with Crippen molar-refractivity contribution in [2.75, 3.05) is 20.1 Å². The van der Waals surface area contributed by atoms with Crippen LogP contribution in [0.5, 0.6) is 0 Å². The Morgan fingerprint density at radius 3 is 2.40 bits per heavy atom. The van der Waals surface area contributed by atoms with E-state index in [9.17, 15) is 5.11 Å². The second-order valence-corrected chi connectivity index (χ2v) is 3.24. The highest BCUT2D eigenvalue weighted by Crippen LogP contribution is 2.17. The summed E-state index contributed by atoms with van der Waals surface area (Å²) in [6, 6.07) is 0. The maximum Gasteiger partial charge on any atom is 0.0891 e. The van der Waals surface area contributed by atoms with Crippen LogP contribution in [0.3, 0.4) is 0 Å². The lowest BCUT2D eigenvalue weighted by atomic mass is 10.1. The van der Waals surface area contributed by atoms with Crippen molar-refractivity contribution in [3.8, 4) is 0 Å². The first-order valence-corrected chi connectivity index (χ1v) is 3.64. The minimum absolute atomic E-state index is 0.213. The Morgan fingerprint density at radius 1 is 1.60 bits per heavy atom. The molecule has 1 aliphatic rings. The molecule has 0 saturated carbocycles. The van der Waals surface area contributed by atoms with E-state index in [2.05, 4.69) is 18.7 Å². The molecule has 0 aromatic rings. The Bertz CT molecular complexity index is 159. The van der Waals surface area contributed by atoms with E-state index >= 15 is 0 Å². The molecule has 1 atom stereocenters. The molecule has 1 unspecified atom stereocenters. The molecule has 0 bridgehead atoms. The number of likely N-dealkylation sites (tertiary alicyclic amines) is 1. The van der Waals surface area contributed by atoms with Gasteiger partial charge in [0.1, 0.15) is 0 Å². The molecule has 0 aromatic heterocycles. The van der Waals surface area contributed by atoms with Gasteiger partial charge in [0.25, 0.3) is 0 Å². The summed E-state index contributed by atoms with van der Waals surface area (Å²) in [5, 5.41) is 9.43. The number of hydrogen-bond donors (Lipinski definition) is 1. The number of aliphatic hydroxyl groups excluding tert-OH is 1. The van der Waals surface area contributed by atoms with Gasteiger partial charge in [-0.2, -0.15) is 0 Å². The molecule has 2 nitrogen and oxygen atoms in total. The fourth-order valence-electron chi connectivity index (χ4n) is 1.36. The van der Waals surface area contributed by atoms with Crippen LogP contribution in [0.2, 0.25) is 0 Å². The lowest BCUT2D eigenvalue weighted by Crippen LogP contribution is -2.15. The van der Waals surface area contributed by atoms with Crippen LogP contribution in [0.15, 0.2) is 11.1 Å². The highest BCUT2D eigenvalue weighted by atomic mass is 16.3. The molecule has 1 aliphatic heterocycles. The van der Waals surface area contributed by atoms with Crippen LogP contribution in [-0.2, 0) is 0 Å². The van der Waals surface area contributed by atoms with Crippen LogP contribution in [0.25, 0.3) is 0 Å². The van der Waals surface area contributed by atoms with Crippen molar-refractivity contribution in [3.63, 3.8) is 0 Å². The van der Waals surface area contributed by atoms with Gasteiger partial charge in [0, 0.05) is 13.1 Å². The predicted octanol–water partition coefficient (Wildman–Crippen LogP) is 0.629. The van der Waals surface area contributed by atoms with Crippen molar-refractivity contribution in [1.29, 1.82) is 0 Å². The Balaban J connectivity index is 2.73. The minimum atomic E-state index is -0.213. The van der Waals surface area contributed by atoms with Gasteiger partial charge in [-0.15, -0.1) is 0 Å². The molecule has 0 aromatic carbocycles. The lowest BCUT2D eigenvalue weighted by molar-refractivity contribution is 0.205. The van der Waals surface area contributed by atoms with Gasteiger partial charge >= 0.3 is 0 Å². The van der Waals surface area contributed by atoms with Gasteiger partial charge in [-0.05, 0) is 26.5 Å². The molecule has 0 radical (unpaired) electrons. The normalized spacial score (nSPS) is 27.6. The molecule has 2 heteroatoms. The average molecular weight is 141 g/mol. The number of hydrogen-bond acceptors (Lipinski definition) is 2. The van der Waals surface area contributed by atoms with E-state index in [1.165, 1.54) is 11.1 Å². The van der Waals surface area contributed by atoms with Crippen LogP contribution in [-0.4, -0.2) is 36.2 Å². The van der Waals surface area contributed by atoms with E-state index in [-0.39, 0.29) is 6.10 Å². The minimum Gasteiger partial charge on any atom is -0.387 e. The predicted molar refractivity (Wildman–Crippen MR) is 41.9 cm³/mol. The Labute approximate surface area is 62.2 Å². The van der Waals surface area contributed by atoms with E-state index < -0.39 is 0 Å². The van der Waals surface area contributed by atoms with Crippen molar-refractivity contribution >= 4 is 0 Å². The van der Waals surface area contributed by atoms with Gasteiger partial charge in [0.2, 0.25) is 0 Å². The Morgan fingerprint density at radius 2 is 2.20 bits per heavy atom. The zero-order valence-corrected chi connectivity index (χ0v) is 6.89. The molecular formula is C8H15NO. The monoisotopic (exact) mass is 141 g/mol. The summed E-state index contributed by atoms with van der Waals surface area (Å²) in [6.07, 6.45) is -0.213. The van der Waals surface area contributed by atoms with E-state index in [4.69, 9.17) is 0 Å². The number of likely N-dealkylation sites (N-methyl/N-ethyl adjacent to an activating group) is 1. The van der Waals surface area contributed by atoms with Crippen LogP contribution in [0.1, 0.15) is 13.8 Å². The van der Waals surface area contributed by atoms with E-state index in [0.29, 0.717) is 0 Å². The molecule has 1 rings (SSSR count). The van der Waals surface area contributed by atoms with Crippen LogP contribution >= 0.6 is 0 Å². The summed E-state index contributed by atoms with van der Waals surface area (Å²) in [4.78, 5) is 2.13. The number of rotatable bonds is 0. The lowest BCUT2D eigenvalue weighted by Gasteiger charge is -2.03. The number of allylic oxidation sites excluding steroid dienone is 1. The van der Waals surface area contributed by atoms with Crippen molar-refractivity contribution in [3.05, 3.63) is 11.1 Å². The highest BCUT2D eigenvalue weighted by Gasteiger charge is 2.22. The van der Waals surface area contributed by atoms with Crippen LogP contribution in [0, 0.1) is 0 Å². The van der Waals surface area contributed by atoms with E-state index in [1.54, 1.807) is 0 Å². The molecule has 1 fully saturated rings. The molecule has 1 N–H and O–H groups in total. The molecular weight excluding hydrogens is 126 g/mol. The van der Waals surface area contributed by atoms with Gasteiger partial charge in [0.05, 0.1) is 6.10 Å². The molecule has 1 saturated heterocycles. The van der Waals surface area contributed by atoms with Crippen LogP contribution in [0.4, 0.5) is 0 Å². The summed E-state index contributed by atoms with van der Waals surface area (Å²) in [7, 11) is 2.03. The van der Waals surface area contributed by atoms with Crippen molar-refractivity contribution in [2.45, 2.75) is 20.0 Å². The number of β-amino-alcohol motifs (C(OH)–C–C–N with tert-alkyl or cyclic N) is 1. The average Bonchev–Trinajstić information content (AvgIpc) is 2.10. The standard InChI is InChI=1S/C8H15NO/c1-6(2)7-4-9(3)5-8(7)10/h8,10H,4-5H2,1-3H3. The van der Waals surface area contributed by atoms with Crippen molar-refractivity contribution < 1.29 is 5.11 Å². The fourth-order valence-corrected chi connectivity index (χ4v) is 1.36.